The number of rotatable bonds is 5. The lowest BCUT2D eigenvalue weighted by Gasteiger charge is -2.26. The van der Waals surface area contributed by atoms with E-state index in [1.807, 2.05) is 0 Å². The van der Waals surface area contributed by atoms with Crippen molar-refractivity contribution < 1.29 is 33.7 Å². The van der Waals surface area contributed by atoms with Gasteiger partial charge in [0.15, 0.2) is 0 Å². The van der Waals surface area contributed by atoms with Crippen LogP contribution in [-0.4, -0.2) is 43.6 Å². The lowest BCUT2D eigenvalue weighted by Crippen LogP contribution is -2.29. The largest absolute Gasteiger partial charge is 0.507 e. The molecule has 1 N–H and O–H groups in total. The van der Waals surface area contributed by atoms with Gasteiger partial charge in [0, 0.05) is 17.7 Å². The number of nitrogens with zero attached hydrogens (tertiary/aromatic N) is 1. The minimum Gasteiger partial charge on any atom is -0.507 e. The monoisotopic (exact) mass is 485 g/mol. The number of ether oxygens (including phenoxy) is 3. The van der Waals surface area contributed by atoms with E-state index in [1.54, 1.807) is 60.7 Å². The molecule has 1 amide bonds. The zero-order chi connectivity index (χ0) is 25.4. The maximum absolute atomic E-state index is 13.4. The molecular formula is C28H23NO7. The molecule has 2 aliphatic heterocycles. The Bertz CT molecular complexity index is 1420. The van der Waals surface area contributed by atoms with E-state index in [1.165, 1.54) is 25.2 Å². The van der Waals surface area contributed by atoms with Crippen molar-refractivity contribution in [3.8, 4) is 11.5 Å². The molecule has 0 saturated carbocycles. The van der Waals surface area contributed by atoms with E-state index < -0.39 is 23.7 Å². The van der Waals surface area contributed by atoms with Crippen molar-refractivity contribution in [2.24, 2.45) is 0 Å². The number of aliphatic hydroxyl groups excluding tert-OH is 1. The zero-order valence-electron chi connectivity index (χ0n) is 19.7. The summed E-state index contributed by atoms with van der Waals surface area (Å²) in [5.74, 6) is -1.27. The molecule has 3 aromatic carbocycles. The Morgan fingerprint density at radius 2 is 1.81 bits per heavy atom. The number of aliphatic hydroxyl groups is 1. The Morgan fingerprint density at radius 3 is 2.58 bits per heavy atom. The van der Waals surface area contributed by atoms with Gasteiger partial charge in [0.1, 0.15) is 17.3 Å². The summed E-state index contributed by atoms with van der Waals surface area (Å²) in [7, 11) is 2.78. The molecule has 0 aromatic heterocycles. The minimum atomic E-state index is -0.961. The fourth-order valence-corrected chi connectivity index (χ4v) is 4.62. The van der Waals surface area contributed by atoms with Crippen LogP contribution >= 0.6 is 0 Å². The molecular weight excluding hydrogens is 462 g/mol. The number of fused-ring (bicyclic) bond motifs is 1. The second-order valence-electron chi connectivity index (χ2n) is 8.41. The van der Waals surface area contributed by atoms with E-state index >= 15 is 0 Å². The van der Waals surface area contributed by atoms with Crippen LogP contribution in [0.3, 0.4) is 0 Å². The first-order chi connectivity index (χ1) is 17.4. The normalized spacial score (nSPS) is 18.1. The Balaban J connectivity index is 1.70. The number of hydrogen-bond acceptors (Lipinski definition) is 7. The van der Waals surface area contributed by atoms with Crippen LogP contribution in [-0.2, 0) is 20.7 Å². The number of carbonyl (C=O) groups excluding carboxylic acids is 3. The lowest BCUT2D eigenvalue weighted by molar-refractivity contribution is -0.132. The first-order valence-electron chi connectivity index (χ1n) is 11.3. The Kier molecular flexibility index (Phi) is 5.93. The number of ketones is 1. The fraction of sp³-hybridized carbons (Fsp3) is 0.179. The van der Waals surface area contributed by atoms with Crippen molar-refractivity contribution >= 4 is 29.1 Å². The molecule has 2 heterocycles. The molecule has 2 aliphatic rings. The Morgan fingerprint density at radius 1 is 1.00 bits per heavy atom. The van der Waals surface area contributed by atoms with Gasteiger partial charge in [0.05, 0.1) is 38.0 Å². The summed E-state index contributed by atoms with van der Waals surface area (Å²) in [5, 5.41) is 11.4. The van der Waals surface area contributed by atoms with Crippen molar-refractivity contribution in [3.05, 3.63) is 94.6 Å². The van der Waals surface area contributed by atoms with Gasteiger partial charge < -0.3 is 19.3 Å². The summed E-state index contributed by atoms with van der Waals surface area (Å²) >= 11 is 0. The second-order valence-corrected chi connectivity index (χ2v) is 8.41. The van der Waals surface area contributed by atoms with Crippen molar-refractivity contribution in [2.75, 3.05) is 25.7 Å². The second kappa shape index (κ2) is 9.22. The number of Topliss-reactive ketones (excluding diaryl/α,β-unsaturated/α-hetero) is 1. The molecule has 1 saturated heterocycles. The number of anilines is 1. The summed E-state index contributed by atoms with van der Waals surface area (Å²) in [6.45, 7) is 0.546. The molecule has 0 radical (unpaired) electrons. The van der Waals surface area contributed by atoms with E-state index in [4.69, 9.17) is 14.2 Å². The molecule has 3 aromatic rings. The van der Waals surface area contributed by atoms with Gasteiger partial charge in [-0.2, -0.15) is 0 Å². The van der Waals surface area contributed by atoms with Gasteiger partial charge in [-0.05, 0) is 59.7 Å². The van der Waals surface area contributed by atoms with Crippen LogP contribution in [0.2, 0.25) is 0 Å². The average molecular weight is 485 g/mol. The average Bonchev–Trinajstić information content (AvgIpc) is 3.49. The summed E-state index contributed by atoms with van der Waals surface area (Å²) in [6.07, 6.45) is 0.685. The third-order valence-corrected chi connectivity index (χ3v) is 6.36. The molecule has 8 heteroatoms. The number of hydrogen-bond donors (Lipinski definition) is 1. The maximum Gasteiger partial charge on any atom is 0.337 e. The smallest absolute Gasteiger partial charge is 0.337 e. The number of amides is 1. The van der Waals surface area contributed by atoms with Gasteiger partial charge in [0.25, 0.3) is 11.7 Å². The van der Waals surface area contributed by atoms with Crippen LogP contribution in [0.5, 0.6) is 11.5 Å². The van der Waals surface area contributed by atoms with E-state index in [9.17, 15) is 19.5 Å². The van der Waals surface area contributed by atoms with Crippen molar-refractivity contribution in [1.82, 2.24) is 0 Å². The Labute approximate surface area is 207 Å². The topological polar surface area (TPSA) is 102 Å². The number of methoxy groups -OCH3 is 2. The predicted octanol–water partition coefficient (Wildman–Crippen LogP) is 4.04. The highest BCUT2D eigenvalue weighted by atomic mass is 16.5. The highest BCUT2D eigenvalue weighted by Gasteiger charge is 2.47. The molecule has 36 heavy (non-hydrogen) atoms. The number of carbonyl (C=O) groups is 3. The Hall–Kier alpha value is -4.59. The van der Waals surface area contributed by atoms with Crippen molar-refractivity contribution in [1.29, 1.82) is 0 Å². The molecule has 0 aliphatic carbocycles. The number of esters is 1. The van der Waals surface area contributed by atoms with Gasteiger partial charge in [-0.1, -0.05) is 18.2 Å². The molecule has 8 nitrogen and oxygen atoms in total. The molecule has 5 rings (SSSR count). The summed E-state index contributed by atoms with van der Waals surface area (Å²) in [6, 6.07) is 17.4. The van der Waals surface area contributed by atoms with Crippen LogP contribution in [0, 0.1) is 0 Å². The summed E-state index contributed by atoms with van der Waals surface area (Å²) < 4.78 is 15.7. The van der Waals surface area contributed by atoms with Crippen LogP contribution in [0.15, 0.2) is 72.3 Å². The maximum atomic E-state index is 13.4. The van der Waals surface area contributed by atoms with E-state index in [-0.39, 0.29) is 16.9 Å². The lowest BCUT2D eigenvalue weighted by atomic mass is 9.94. The zero-order valence-corrected chi connectivity index (χ0v) is 19.7. The molecule has 1 atom stereocenters. The SMILES string of the molecule is COC(=O)c1cccc(N2C(=O)C(=O)/C(=C(\O)c3ccc4c(c3)CCO4)C2c2cccc(OC)c2)c1. The van der Waals surface area contributed by atoms with Crippen molar-refractivity contribution in [2.45, 2.75) is 12.5 Å². The minimum absolute atomic E-state index is 0.0596. The van der Waals surface area contributed by atoms with Gasteiger partial charge in [-0.25, -0.2) is 4.79 Å². The van der Waals surface area contributed by atoms with Crippen LogP contribution in [0.1, 0.15) is 33.1 Å². The molecule has 1 fully saturated rings. The number of benzene rings is 3. The molecule has 182 valence electrons. The van der Waals surface area contributed by atoms with E-state index in [0.717, 1.165) is 11.3 Å². The van der Waals surface area contributed by atoms with Gasteiger partial charge in [-0.15, -0.1) is 0 Å². The highest BCUT2D eigenvalue weighted by Crippen LogP contribution is 2.43. The third-order valence-electron chi connectivity index (χ3n) is 6.36. The molecule has 0 bridgehead atoms. The van der Waals surface area contributed by atoms with Gasteiger partial charge in [0.2, 0.25) is 0 Å². The van der Waals surface area contributed by atoms with Crippen LogP contribution < -0.4 is 14.4 Å². The van der Waals surface area contributed by atoms with Gasteiger partial charge >= 0.3 is 5.97 Å². The summed E-state index contributed by atoms with van der Waals surface area (Å²) in [5.41, 5.74) is 2.36. The predicted molar refractivity (Wildman–Crippen MR) is 131 cm³/mol. The molecule has 1 unspecified atom stereocenters. The third kappa shape index (κ3) is 3.86. The van der Waals surface area contributed by atoms with Crippen LogP contribution in [0.4, 0.5) is 5.69 Å². The first kappa shape index (κ1) is 23.2. The standard InChI is InChI=1S/C28H23NO7/c1-34-21-8-4-5-17(15-21)24-23(25(30)18-9-10-22-16(13-18)11-12-36-22)26(31)27(32)29(24)20-7-3-6-19(14-20)28(33)35-2/h3-10,13-15,24,30H,11-12H2,1-2H3/b25-23-. The fourth-order valence-electron chi connectivity index (χ4n) is 4.62. The first-order valence-corrected chi connectivity index (χ1v) is 11.3. The van der Waals surface area contributed by atoms with Crippen molar-refractivity contribution in [3.63, 3.8) is 0 Å². The summed E-state index contributed by atoms with van der Waals surface area (Å²) in [4.78, 5) is 40.2. The van der Waals surface area contributed by atoms with Crippen LogP contribution in [0.25, 0.3) is 5.76 Å². The quantitative estimate of drug-likeness (QED) is 0.252. The molecule has 0 spiro atoms. The van der Waals surface area contributed by atoms with E-state index in [2.05, 4.69) is 0 Å². The van der Waals surface area contributed by atoms with E-state index in [0.29, 0.717) is 35.6 Å². The highest BCUT2D eigenvalue weighted by molar-refractivity contribution is 6.51. The van der Waals surface area contributed by atoms with Gasteiger partial charge in [-0.3, -0.25) is 14.5 Å².